The average Bonchev–Trinajstić information content (AvgIpc) is 2.54. The first-order valence-corrected chi connectivity index (χ1v) is 7.79. The maximum Gasteiger partial charge on any atom is 0.175 e. The first-order valence-electron chi connectivity index (χ1n) is 6.72. The topological polar surface area (TPSA) is 59.3 Å². The van der Waals surface area contributed by atoms with Gasteiger partial charge < -0.3 is 9.47 Å². The van der Waals surface area contributed by atoms with Crippen LogP contribution in [0.4, 0.5) is 0 Å². The van der Waals surface area contributed by atoms with Gasteiger partial charge in [-0.1, -0.05) is 18.2 Å². The van der Waals surface area contributed by atoms with Crippen LogP contribution in [0.25, 0.3) is 0 Å². The van der Waals surface area contributed by atoms with Gasteiger partial charge in [0.2, 0.25) is 0 Å². The highest BCUT2D eigenvalue weighted by Crippen LogP contribution is 2.34. The van der Waals surface area contributed by atoms with Crippen LogP contribution in [0.3, 0.4) is 0 Å². The minimum absolute atomic E-state index is 0.264. The first kappa shape index (κ1) is 16.3. The van der Waals surface area contributed by atoms with Crippen LogP contribution in [0.15, 0.2) is 36.4 Å². The molecular weight excluding hydrogens is 393 g/mol. The summed E-state index contributed by atoms with van der Waals surface area (Å²) in [6.07, 6.45) is 0.777. The predicted octanol–water partition coefficient (Wildman–Crippen LogP) is 3.95. The van der Waals surface area contributed by atoms with Crippen LogP contribution in [0.5, 0.6) is 11.5 Å². The van der Waals surface area contributed by atoms with E-state index in [1.165, 1.54) is 0 Å². The van der Waals surface area contributed by atoms with Crippen LogP contribution in [0.2, 0.25) is 0 Å². The van der Waals surface area contributed by atoms with E-state index in [4.69, 9.17) is 14.7 Å². The van der Waals surface area contributed by atoms with Crippen molar-refractivity contribution in [3.05, 3.63) is 56.7 Å². The summed E-state index contributed by atoms with van der Waals surface area (Å²) >= 11 is 2.11. The Kier molecular flexibility index (Phi) is 5.78. The second-order valence-electron chi connectivity index (χ2n) is 4.44. The molecule has 0 aliphatic carbocycles. The number of nitriles is 1. The van der Waals surface area contributed by atoms with Gasteiger partial charge in [0.1, 0.15) is 12.9 Å². The second-order valence-corrected chi connectivity index (χ2v) is 5.60. The molecule has 0 atom stereocenters. The summed E-state index contributed by atoms with van der Waals surface area (Å²) in [6, 6.07) is 12.8. The Hall–Kier alpha value is -2.07. The molecule has 0 aliphatic rings. The van der Waals surface area contributed by atoms with E-state index in [1.54, 1.807) is 18.2 Å². The Balaban J connectivity index is 2.29. The van der Waals surface area contributed by atoms with Gasteiger partial charge in [-0.2, -0.15) is 5.26 Å². The standard InChI is InChI=1S/C17H14INO3/c1-2-21-16-8-12(10-20)7-15(18)17(16)22-11-14-6-4-3-5-13(14)9-19/h3-8,10H,2,11H2,1H3. The highest BCUT2D eigenvalue weighted by atomic mass is 127. The van der Waals surface area contributed by atoms with Crippen molar-refractivity contribution in [1.82, 2.24) is 0 Å². The highest BCUT2D eigenvalue weighted by molar-refractivity contribution is 14.1. The minimum atomic E-state index is 0.264. The number of hydrogen-bond acceptors (Lipinski definition) is 4. The third-order valence-corrected chi connectivity index (χ3v) is 3.78. The molecule has 0 saturated heterocycles. The monoisotopic (exact) mass is 407 g/mol. The van der Waals surface area contributed by atoms with Crippen molar-refractivity contribution in [3.8, 4) is 17.6 Å². The Labute approximate surface area is 142 Å². The zero-order valence-corrected chi connectivity index (χ0v) is 14.2. The van der Waals surface area contributed by atoms with Gasteiger partial charge >= 0.3 is 0 Å². The summed E-state index contributed by atoms with van der Waals surface area (Å²) in [5.41, 5.74) is 1.93. The molecule has 0 bridgehead atoms. The molecule has 5 heteroatoms. The first-order chi connectivity index (χ1) is 10.7. The maximum atomic E-state index is 11.0. The third-order valence-electron chi connectivity index (χ3n) is 2.98. The molecule has 22 heavy (non-hydrogen) atoms. The molecule has 0 amide bonds. The van der Waals surface area contributed by atoms with E-state index in [9.17, 15) is 4.79 Å². The molecule has 0 heterocycles. The SMILES string of the molecule is CCOc1cc(C=O)cc(I)c1OCc1ccccc1C#N. The van der Waals surface area contributed by atoms with Gasteiger partial charge in [0.05, 0.1) is 21.8 Å². The molecule has 0 aliphatic heterocycles. The van der Waals surface area contributed by atoms with Gasteiger partial charge in [0.15, 0.2) is 11.5 Å². The van der Waals surface area contributed by atoms with Gasteiger partial charge in [-0.15, -0.1) is 0 Å². The van der Waals surface area contributed by atoms with E-state index in [2.05, 4.69) is 28.7 Å². The van der Waals surface area contributed by atoms with Crippen molar-refractivity contribution in [3.63, 3.8) is 0 Å². The number of halogens is 1. The number of ether oxygens (including phenoxy) is 2. The second kappa shape index (κ2) is 7.80. The van der Waals surface area contributed by atoms with Crippen molar-refractivity contribution in [2.45, 2.75) is 13.5 Å². The Morgan fingerprint density at radius 2 is 2.05 bits per heavy atom. The molecule has 2 aromatic rings. The van der Waals surface area contributed by atoms with E-state index >= 15 is 0 Å². The highest BCUT2D eigenvalue weighted by Gasteiger charge is 2.13. The fourth-order valence-electron chi connectivity index (χ4n) is 1.96. The molecule has 0 N–H and O–H groups in total. The Morgan fingerprint density at radius 1 is 1.27 bits per heavy atom. The molecule has 0 fully saturated rings. The molecule has 4 nitrogen and oxygen atoms in total. The third kappa shape index (κ3) is 3.77. The van der Waals surface area contributed by atoms with Gasteiger partial charge in [-0.05, 0) is 47.7 Å². The van der Waals surface area contributed by atoms with Crippen molar-refractivity contribution in [1.29, 1.82) is 5.26 Å². The zero-order valence-electron chi connectivity index (χ0n) is 12.0. The molecular formula is C17H14INO3. The summed E-state index contributed by atoms with van der Waals surface area (Å²) in [6.45, 7) is 2.61. The number of carbonyl (C=O) groups excluding carboxylic acids is 1. The molecule has 2 aromatic carbocycles. The molecule has 2 rings (SSSR count). The van der Waals surface area contributed by atoms with Crippen LogP contribution >= 0.6 is 22.6 Å². The van der Waals surface area contributed by atoms with Crippen LogP contribution in [-0.2, 0) is 6.61 Å². The number of hydrogen-bond donors (Lipinski definition) is 0. The van der Waals surface area contributed by atoms with Crippen molar-refractivity contribution >= 4 is 28.9 Å². The number of benzene rings is 2. The normalized spacial score (nSPS) is 9.86. The summed E-state index contributed by atoms with van der Waals surface area (Å²) in [4.78, 5) is 11.0. The minimum Gasteiger partial charge on any atom is -0.490 e. The van der Waals surface area contributed by atoms with E-state index in [1.807, 2.05) is 25.1 Å². The van der Waals surface area contributed by atoms with Crippen LogP contribution < -0.4 is 9.47 Å². The van der Waals surface area contributed by atoms with Crippen LogP contribution in [-0.4, -0.2) is 12.9 Å². The summed E-state index contributed by atoms with van der Waals surface area (Å²) in [7, 11) is 0. The smallest absolute Gasteiger partial charge is 0.175 e. The lowest BCUT2D eigenvalue weighted by Crippen LogP contribution is -2.03. The molecule has 0 unspecified atom stereocenters. The summed E-state index contributed by atoms with van der Waals surface area (Å²) < 4.78 is 12.2. The predicted molar refractivity (Wildman–Crippen MR) is 91.2 cm³/mol. The summed E-state index contributed by atoms with van der Waals surface area (Å²) in [5, 5.41) is 9.11. The number of carbonyl (C=O) groups is 1. The molecule has 0 radical (unpaired) electrons. The average molecular weight is 407 g/mol. The number of aldehydes is 1. The van der Waals surface area contributed by atoms with Gasteiger partial charge in [0, 0.05) is 11.1 Å². The zero-order chi connectivity index (χ0) is 15.9. The van der Waals surface area contributed by atoms with Crippen molar-refractivity contribution in [2.24, 2.45) is 0 Å². The van der Waals surface area contributed by atoms with E-state index in [0.29, 0.717) is 29.2 Å². The fraction of sp³-hybridized carbons (Fsp3) is 0.176. The van der Waals surface area contributed by atoms with Crippen LogP contribution in [0.1, 0.15) is 28.4 Å². The quantitative estimate of drug-likeness (QED) is 0.538. The lowest BCUT2D eigenvalue weighted by Gasteiger charge is -2.14. The Morgan fingerprint density at radius 3 is 2.73 bits per heavy atom. The molecule has 0 saturated carbocycles. The van der Waals surface area contributed by atoms with E-state index in [0.717, 1.165) is 15.4 Å². The van der Waals surface area contributed by atoms with Crippen molar-refractivity contribution in [2.75, 3.05) is 6.61 Å². The lowest BCUT2D eigenvalue weighted by atomic mass is 10.1. The Bertz CT molecular complexity index is 722. The summed E-state index contributed by atoms with van der Waals surface area (Å²) in [5.74, 6) is 1.12. The molecule has 0 spiro atoms. The fourth-order valence-corrected chi connectivity index (χ4v) is 2.75. The molecule has 0 aromatic heterocycles. The number of nitrogens with zero attached hydrogens (tertiary/aromatic N) is 1. The molecule has 112 valence electrons. The number of rotatable bonds is 6. The van der Waals surface area contributed by atoms with Gasteiger partial charge in [-0.25, -0.2) is 0 Å². The maximum absolute atomic E-state index is 11.0. The van der Waals surface area contributed by atoms with Crippen molar-refractivity contribution < 1.29 is 14.3 Å². The van der Waals surface area contributed by atoms with E-state index in [-0.39, 0.29) is 6.61 Å². The lowest BCUT2D eigenvalue weighted by molar-refractivity contribution is 0.112. The van der Waals surface area contributed by atoms with E-state index < -0.39 is 0 Å². The largest absolute Gasteiger partial charge is 0.490 e. The van der Waals surface area contributed by atoms with Gasteiger partial charge in [0.25, 0.3) is 0 Å². The van der Waals surface area contributed by atoms with Crippen LogP contribution in [0, 0.1) is 14.9 Å². The van der Waals surface area contributed by atoms with Gasteiger partial charge in [-0.3, -0.25) is 4.79 Å².